The van der Waals surface area contributed by atoms with Gasteiger partial charge in [-0.3, -0.25) is 0 Å². The Hall–Kier alpha value is -4.40. The minimum Gasteiger partial charge on any atom is -0.371 e. The van der Waals surface area contributed by atoms with E-state index < -0.39 is 0 Å². The van der Waals surface area contributed by atoms with Crippen molar-refractivity contribution in [1.29, 1.82) is 10.5 Å². The van der Waals surface area contributed by atoms with E-state index in [1.165, 1.54) is 11.3 Å². The van der Waals surface area contributed by atoms with Crippen molar-refractivity contribution in [3.05, 3.63) is 78.4 Å². The van der Waals surface area contributed by atoms with Crippen LogP contribution in [0.15, 0.2) is 93.3 Å². The molecule has 1 aromatic heterocycles. The molecule has 0 spiro atoms. The van der Waals surface area contributed by atoms with Gasteiger partial charge >= 0.3 is 0 Å². The minimum absolute atomic E-state index is 0.408. The minimum atomic E-state index is 0.408. The Kier molecular flexibility index (Phi) is 7.34. The zero-order valence-corrected chi connectivity index (χ0v) is 19.4. The largest absolute Gasteiger partial charge is 0.371 e. The summed E-state index contributed by atoms with van der Waals surface area (Å²) in [5.41, 5.74) is 2.88. The lowest BCUT2D eigenvalue weighted by Gasteiger charge is -2.21. The predicted molar refractivity (Wildman–Crippen MR) is 136 cm³/mol. The molecule has 7 nitrogen and oxygen atoms in total. The maximum atomic E-state index is 9.51. The summed E-state index contributed by atoms with van der Waals surface area (Å²) in [6.45, 7) is 3.56. The lowest BCUT2D eigenvalue weighted by Crippen LogP contribution is -2.23. The van der Waals surface area contributed by atoms with Crippen LogP contribution in [-0.2, 0) is 0 Å². The monoisotopic (exact) mass is 463 g/mol. The first-order chi connectivity index (χ1) is 16.7. The maximum Gasteiger partial charge on any atom is 0.158 e. The van der Waals surface area contributed by atoms with Gasteiger partial charge in [0, 0.05) is 24.2 Å². The number of hydrogen-bond acceptors (Lipinski definition) is 8. The van der Waals surface area contributed by atoms with Crippen molar-refractivity contribution >= 4 is 49.2 Å². The van der Waals surface area contributed by atoms with Gasteiger partial charge in [0.2, 0.25) is 0 Å². The number of rotatable bonds is 8. The third kappa shape index (κ3) is 5.32. The fourth-order valence-corrected chi connectivity index (χ4v) is 4.21. The van der Waals surface area contributed by atoms with Crippen molar-refractivity contribution in [2.24, 2.45) is 20.5 Å². The first-order valence-corrected chi connectivity index (χ1v) is 11.6. The van der Waals surface area contributed by atoms with Crippen molar-refractivity contribution in [2.75, 3.05) is 18.0 Å². The molecule has 3 aromatic carbocycles. The quantitative estimate of drug-likeness (QED) is 0.245. The summed E-state index contributed by atoms with van der Waals surface area (Å²) in [6, 6.07) is 27.5. The number of azo groups is 2. The number of fused-ring (bicyclic) bond motifs is 1. The van der Waals surface area contributed by atoms with Crippen LogP contribution in [0, 0.1) is 22.7 Å². The molecule has 0 atom stereocenters. The lowest BCUT2D eigenvalue weighted by atomic mass is 10.1. The fraction of sp³-hybridized carbons (Fsp3) is 0.154. The first-order valence-electron chi connectivity index (χ1n) is 10.8. The van der Waals surface area contributed by atoms with Crippen LogP contribution >= 0.6 is 11.3 Å². The molecule has 34 heavy (non-hydrogen) atoms. The molecule has 4 aromatic rings. The molecule has 0 saturated heterocycles. The second-order valence-corrected chi connectivity index (χ2v) is 8.33. The number of hydrogen-bond donors (Lipinski definition) is 0. The molecule has 0 aliphatic heterocycles. The van der Waals surface area contributed by atoms with E-state index in [1.54, 1.807) is 6.07 Å². The average Bonchev–Trinajstić information content (AvgIpc) is 3.29. The van der Waals surface area contributed by atoms with Gasteiger partial charge in [0.1, 0.15) is 11.1 Å². The lowest BCUT2D eigenvalue weighted by molar-refractivity contribution is 0.827. The van der Waals surface area contributed by atoms with Crippen LogP contribution in [0.4, 0.5) is 27.1 Å². The molecule has 4 rings (SSSR count). The van der Waals surface area contributed by atoms with E-state index in [1.807, 2.05) is 66.7 Å². The zero-order valence-electron chi connectivity index (χ0n) is 18.6. The van der Waals surface area contributed by atoms with Crippen molar-refractivity contribution in [3.63, 3.8) is 0 Å². The van der Waals surface area contributed by atoms with Gasteiger partial charge < -0.3 is 4.90 Å². The van der Waals surface area contributed by atoms with Crippen LogP contribution in [0.1, 0.15) is 18.9 Å². The van der Waals surface area contributed by atoms with Gasteiger partial charge in [-0.15, -0.1) is 20.5 Å². The Morgan fingerprint density at radius 2 is 1.68 bits per heavy atom. The molecule has 0 fully saturated rings. The van der Waals surface area contributed by atoms with Crippen LogP contribution in [0.2, 0.25) is 0 Å². The molecule has 8 heteroatoms. The van der Waals surface area contributed by atoms with E-state index in [4.69, 9.17) is 5.26 Å². The van der Waals surface area contributed by atoms with Crippen LogP contribution in [0.5, 0.6) is 0 Å². The van der Waals surface area contributed by atoms with Gasteiger partial charge in [-0.1, -0.05) is 47.7 Å². The average molecular weight is 464 g/mol. The number of thiophene rings is 1. The van der Waals surface area contributed by atoms with Crippen LogP contribution in [0.3, 0.4) is 0 Å². The van der Waals surface area contributed by atoms with Gasteiger partial charge in [-0.05, 0) is 48.7 Å². The number of nitrogens with zero attached hydrogens (tertiary/aromatic N) is 7. The summed E-state index contributed by atoms with van der Waals surface area (Å²) >= 11 is 1.27. The van der Waals surface area contributed by atoms with Crippen molar-refractivity contribution in [3.8, 4) is 12.1 Å². The molecule has 0 N–H and O–H groups in total. The summed E-state index contributed by atoms with van der Waals surface area (Å²) in [5, 5.41) is 38.8. The summed E-state index contributed by atoms with van der Waals surface area (Å²) in [7, 11) is 0. The molecule has 0 aliphatic rings. The first kappa shape index (κ1) is 22.8. The summed E-state index contributed by atoms with van der Waals surface area (Å²) in [4.78, 5) is 2.13. The Morgan fingerprint density at radius 1 is 0.882 bits per heavy atom. The molecule has 0 radical (unpaired) electrons. The van der Waals surface area contributed by atoms with E-state index >= 15 is 0 Å². The number of nitriles is 2. The number of benzene rings is 3. The normalized spacial score (nSPS) is 11.1. The van der Waals surface area contributed by atoms with Gasteiger partial charge in [-0.25, -0.2) is 0 Å². The molecule has 0 saturated carbocycles. The molecule has 0 bridgehead atoms. The van der Waals surface area contributed by atoms with E-state index in [9.17, 15) is 5.26 Å². The second kappa shape index (κ2) is 11.0. The van der Waals surface area contributed by atoms with Crippen molar-refractivity contribution in [2.45, 2.75) is 13.3 Å². The summed E-state index contributed by atoms with van der Waals surface area (Å²) < 4.78 is 0. The molecule has 0 amide bonds. The highest BCUT2D eigenvalue weighted by Gasteiger charge is 2.09. The third-order valence-electron chi connectivity index (χ3n) is 5.19. The van der Waals surface area contributed by atoms with Gasteiger partial charge in [0.05, 0.1) is 29.4 Å². The zero-order chi connectivity index (χ0) is 23.8. The maximum absolute atomic E-state index is 9.51. The van der Waals surface area contributed by atoms with Crippen LogP contribution in [-0.4, -0.2) is 13.1 Å². The van der Waals surface area contributed by atoms with Gasteiger partial charge in [-0.2, -0.15) is 10.5 Å². The van der Waals surface area contributed by atoms with Crippen molar-refractivity contribution < 1.29 is 0 Å². The highest BCUT2D eigenvalue weighted by Crippen LogP contribution is 2.38. The smallest absolute Gasteiger partial charge is 0.158 e. The molecule has 0 unspecified atom stereocenters. The molecule has 166 valence electrons. The van der Waals surface area contributed by atoms with E-state index in [-0.39, 0.29) is 0 Å². The standard InChI is InChI=1S/C26H21N7S/c1-2-33(16-6-15-27)22-13-11-21(12-14-22)29-32-26-20(18-28)17-25(34-26)31-30-24-10-5-8-19-7-3-4-9-23(19)24/h3-5,7-14,17H,2,6,16H2,1H3. The van der Waals surface area contributed by atoms with Crippen molar-refractivity contribution in [1.82, 2.24) is 0 Å². The van der Waals surface area contributed by atoms with E-state index in [0.29, 0.717) is 34.2 Å². The molecular formula is C26H21N7S. The highest BCUT2D eigenvalue weighted by atomic mass is 32.1. The van der Waals surface area contributed by atoms with E-state index in [2.05, 4.69) is 44.4 Å². The van der Waals surface area contributed by atoms with Gasteiger partial charge in [0.25, 0.3) is 0 Å². The Bertz CT molecular complexity index is 1420. The Morgan fingerprint density at radius 3 is 2.44 bits per heavy atom. The second-order valence-electron chi connectivity index (χ2n) is 7.32. The molecule has 1 heterocycles. The molecule has 0 aliphatic carbocycles. The molecular weight excluding hydrogens is 442 g/mol. The fourth-order valence-electron chi connectivity index (χ4n) is 3.46. The predicted octanol–water partition coefficient (Wildman–Crippen LogP) is 8.34. The van der Waals surface area contributed by atoms with Gasteiger partial charge in [0.15, 0.2) is 5.00 Å². The van der Waals surface area contributed by atoms with Crippen LogP contribution < -0.4 is 4.90 Å². The summed E-state index contributed by atoms with van der Waals surface area (Å²) in [5.74, 6) is 0. The third-order valence-corrected chi connectivity index (χ3v) is 6.09. The van der Waals surface area contributed by atoms with E-state index in [0.717, 1.165) is 28.7 Å². The number of anilines is 1. The summed E-state index contributed by atoms with van der Waals surface area (Å²) in [6.07, 6.45) is 0.477. The Labute approximate surface area is 201 Å². The SMILES string of the molecule is CCN(CCC#N)c1ccc(N=Nc2sc(N=Nc3cccc4ccccc34)cc2C#N)cc1. The van der Waals surface area contributed by atoms with Crippen LogP contribution in [0.25, 0.3) is 10.8 Å². The highest BCUT2D eigenvalue weighted by molar-refractivity contribution is 7.19. The topological polar surface area (TPSA) is 100 Å². The Balaban J connectivity index is 1.51.